The first kappa shape index (κ1) is 30.1. The number of urea groups is 1. The number of benzene rings is 2. The maximum absolute atomic E-state index is 14.2. The molecule has 2 aromatic carbocycles. The van der Waals surface area contributed by atoms with Gasteiger partial charge in [-0.1, -0.05) is 18.2 Å². The Balaban J connectivity index is 1.27. The number of hydrogen-bond acceptors (Lipinski definition) is 8. The Kier molecular flexibility index (Phi) is 8.40. The van der Waals surface area contributed by atoms with Crippen LogP contribution >= 0.6 is 0 Å². The fourth-order valence-electron chi connectivity index (χ4n) is 6.24. The number of rotatable bonds is 6. The highest BCUT2D eigenvalue weighted by Crippen LogP contribution is 2.39. The highest BCUT2D eigenvalue weighted by Gasteiger charge is 2.48. The van der Waals surface area contributed by atoms with Crippen molar-refractivity contribution in [2.24, 2.45) is 5.92 Å². The number of para-hydroxylation sites is 1. The minimum absolute atomic E-state index is 0.0376. The van der Waals surface area contributed by atoms with Crippen LogP contribution in [0.1, 0.15) is 35.8 Å². The molecule has 4 heterocycles. The third kappa shape index (κ3) is 6.32. The van der Waals surface area contributed by atoms with Gasteiger partial charge in [-0.2, -0.15) is 0 Å². The summed E-state index contributed by atoms with van der Waals surface area (Å²) in [4.78, 5) is 47.7. The summed E-state index contributed by atoms with van der Waals surface area (Å²) >= 11 is 0. The van der Waals surface area contributed by atoms with Gasteiger partial charge in [0.1, 0.15) is 5.82 Å². The SMILES string of the molecule is COc1ccc(C(=O)Nc2cc(C3NC4=CN(C(=O)N5C[C@@H](C)O[C@@H](C)C5)CC(=O)C4C3Nc3ccccc3)ccn2)cc1F. The Morgan fingerprint density at radius 3 is 2.53 bits per heavy atom. The molecule has 12 heteroatoms. The molecule has 0 bridgehead atoms. The second-order valence-corrected chi connectivity index (χ2v) is 11.5. The molecule has 2 fully saturated rings. The van der Waals surface area contributed by atoms with Crippen LogP contribution in [0.4, 0.5) is 20.7 Å². The standard InChI is InChI=1S/C33H35FN6O5/c1-19-15-39(16-20(2)45-19)33(43)40-17-25-29(26(41)18-40)31(36-23-7-5-4-6-8-23)30(37-25)21-11-12-35-28(14-21)38-32(42)22-9-10-27(44-3)24(34)13-22/h4-14,17,19-20,29-31,36-37H,15-16,18H2,1-3H3,(H,35,38,42)/t19-,20+,29?,30?,31?. The lowest BCUT2D eigenvalue weighted by atomic mass is 9.88. The molecular weight excluding hydrogens is 579 g/mol. The van der Waals surface area contributed by atoms with Crippen LogP contribution in [0, 0.1) is 11.7 Å². The van der Waals surface area contributed by atoms with E-state index in [1.54, 1.807) is 23.4 Å². The summed E-state index contributed by atoms with van der Waals surface area (Å²) in [6, 6.07) is 16.0. The number of halogens is 1. The molecular formula is C33H35FN6O5. The number of morpholine rings is 1. The quantitative estimate of drug-likeness (QED) is 0.378. The summed E-state index contributed by atoms with van der Waals surface area (Å²) in [5.41, 5.74) is 2.33. The zero-order valence-corrected chi connectivity index (χ0v) is 25.2. The van der Waals surface area contributed by atoms with Gasteiger partial charge in [0.25, 0.3) is 5.91 Å². The predicted molar refractivity (Wildman–Crippen MR) is 165 cm³/mol. The van der Waals surface area contributed by atoms with Crippen LogP contribution in [-0.2, 0) is 9.53 Å². The van der Waals surface area contributed by atoms with Gasteiger partial charge in [-0.25, -0.2) is 14.2 Å². The monoisotopic (exact) mass is 614 g/mol. The van der Waals surface area contributed by atoms with Gasteiger partial charge >= 0.3 is 6.03 Å². The molecule has 6 rings (SSSR count). The number of amides is 3. The van der Waals surface area contributed by atoms with Gasteiger partial charge in [0, 0.05) is 42.4 Å². The average Bonchev–Trinajstić information content (AvgIpc) is 3.39. The fraction of sp³-hybridized carbons (Fsp3) is 0.333. The molecule has 3 aromatic rings. The van der Waals surface area contributed by atoms with E-state index in [4.69, 9.17) is 9.47 Å². The number of nitrogens with zero attached hydrogens (tertiary/aromatic N) is 3. The minimum Gasteiger partial charge on any atom is -0.494 e. The molecule has 234 valence electrons. The number of nitrogens with one attached hydrogen (secondary N) is 3. The van der Waals surface area contributed by atoms with Gasteiger partial charge in [0.15, 0.2) is 17.3 Å². The van der Waals surface area contributed by atoms with E-state index in [1.165, 1.54) is 24.1 Å². The number of fused-ring (bicyclic) bond motifs is 1. The first-order chi connectivity index (χ1) is 21.7. The van der Waals surface area contributed by atoms with E-state index in [2.05, 4.69) is 20.9 Å². The van der Waals surface area contributed by atoms with Gasteiger partial charge in [0.2, 0.25) is 0 Å². The molecule has 0 radical (unpaired) electrons. The second kappa shape index (κ2) is 12.6. The molecule has 3 aliphatic rings. The lowest BCUT2D eigenvalue weighted by Crippen LogP contribution is -2.54. The van der Waals surface area contributed by atoms with Crippen LogP contribution in [-0.4, -0.2) is 77.5 Å². The lowest BCUT2D eigenvalue weighted by molar-refractivity contribution is -0.123. The number of methoxy groups -OCH3 is 1. The van der Waals surface area contributed by atoms with E-state index in [1.807, 2.05) is 50.2 Å². The van der Waals surface area contributed by atoms with Crippen LogP contribution in [0.25, 0.3) is 0 Å². The van der Waals surface area contributed by atoms with E-state index in [-0.39, 0.29) is 47.7 Å². The molecule has 5 atom stereocenters. The summed E-state index contributed by atoms with van der Waals surface area (Å²) in [6.45, 7) is 4.70. The van der Waals surface area contributed by atoms with Crippen LogP contribution in [0.2, 0.25) is 0 Å². The van der Waals surface area contributed by atoms with Crippen LogP contribution in [0.3, 0.4) is 0 Å². The number of ketones is 1. The van der Waals surface area contributed by atoms with Crippen molar-refractivity contribution in [3.63, 3.8) is 0 Å². The molecule has 3 unspecified atom stereocenters. The normalized spacial score (nSPS) is 24.3. The van der Waals surface area contributed by atoms with Crippen LogP contribution in [0.15, 0.2) is 78.8 Å². The number of ether oxygens (including phenoxy) is 2. The first-order valence-corrected chi connectivity index (χ1v) is 14.8. The van der Waals surface area contributed by atoms with Gasteiger partial charge in [0.05, 0.1) is 43.9 Å². The van der Waals surface area contributed by atoms with Crippen molar-refractivity contribution in [2.75, 3.05) is 37.4 Å². The summed E-state index contributed by atoms with van der Waals surface area (Å²) in [6.07, 6.45) is 3.10. The van der Waals surface area contributed by atoms with E-state index >= 15 is 0 Å². The number of anilines is 2. The highest BCUT2D eigenvalue weighted by atomic mass is 19.1. The van der Waals surface area contributed by atoms with E-state index in [0.29, 0.717) is 18.8 Å². The number of carbonyl (C=O) groups is 3. The van der Waals surface area contributed by atoms with Gasteiger partial charge in [-0.05, 0) is 61.9 Å². The third-order valence-corrected chi connectivity index (χ3v) is 8.19. The zero-order chi connectivity index (χ0) is 31.7. The zero-order valence-electron chi connectivity index (χ0n) is 25.2. The van der Waals surface area contributed by atoms with Crippen molar-refractivity contribution >= 4 is 29.2 Å². The van der Waals surface area contributed by atoms with E-state index < -0.39 is 29.7 Å². The topological polar surface area (TPSA) is 125 Å². The summed E-state index contributed by atoms with van der Waals surface area (Å²) in [5, 5.41) is 9.74. The number of aromatic nitrogens is 1. The molecule has 3 amide bonds. The maximum atomic E-state index is 14.2. The molecule has 3 N–H and O–H groups in total. The molecule has 1 aromatic heterocycles. The highest BCUT2D eigenvalue weighted by molar-refractivity contribution is 6.03. The number of carbonyl (C=O) groups excluding carboxylic acids is 3. The van der Waals surface area contributed by atoms with Crippen molar-refractivity contribution in [3.8, 4) is 5.75 Å². The minimum atomic E-state index is -0.650. The van der Waals surface area contributed by atoms with Crippen molar-refractivity contribution in [2.45, 2.75) is 38.1 Å². The predicted octanol–water partition coefficient (Wildman–Crippen LogP) is 4.18. The number of pyridine rings is 1. The molecule has 11 nitrogen and oxygen atoms in total. The lowest BCUT2D eigenvalue weighted by Gasteiger charge is -2.38. The van der Waals surface area contributed by atoms with Crippen molar-refractivity contribution in [1.82, 2.24) is 20.1 Å². The molecule has 0 saturated carbocycles. The van der Waals surface area contributed by atoms with Gasteiger partial charge < -0.3 is 30.3 Å². The number of Topliss-reactive ketones (excluding diaryl/α,β-unsaturated/α-hetero) is 1. The van der Waals surface area contributed by atoms with Crippen molar-refractivity contribution in [1.29, 1.82) is 0 Å². The largest absolute Gasteiger partial charge is 0.494 e. The Bertz CT molecular complexity index is 1620. The molecule has 45 heavy (non-hydrogen) atoms. The molecule has 2 saturated heterocycles. The molecule has 3 aliphatic heterocycles. The van der Waals surface area contributed by atoms with Crippen molar-refractivity contribution in [3.05, 3.63) is 95.7 Å². The van der Waals surface area contributed by atoms with E-state index in [0.717, 1.165) is 17.3 Å². The van der Waals surface area contributed by atoms with Gasteiger partial charge in [-0.3, -0.25) is 14.5 Å². The van der Waals surface area contributed by atoms with E-state index in [9.17, 15) is 18.8 Å². The van der Waals surface area contributed by atoms with Crippen LogP contribution in [0.5, 0.6) is 5.75 Å². The summed E-state index contributed by atoms with van der Waals surface area (Å²) in [5.74, 6) is -1.53. The smallest absolute Gasteiger partial charge is 0.324 e. The third-order valence-electron chi connectivity index (χ3n) is 8.19. The van der Waals surface area contributed by atoms with Crippen molar-refractivity contribution < 1.29 is 28.2 Å². The molecule has 0 spiro atoms. The second-order valence-electron chi connectivity index (χ2n) is 11.5. The maximum Gasteiger partial charge on any atom is 0.324 e. The Labute approximate surface area is 260 Å². The summed E-state index contributed by atoms with van der Waals surface area (Å²) < 4.78 is 25.0. The Morgan fingerprint density at radius 1 is 1.07 bits per heavy atom. The number of hydrogen-bond donors (Lipinski definition) is 3. The van der Waals surface area contributed by atoms with Gasteiger partial charge in [-0.15, -0.1) is 0 Å². The average molecular weight is 615 g/mol. The fourth-order valence-corrected chi connectivity index (χ4v) is 6.24. The first-order valence-electron chi connectivity index (χ1n) is 14.8. The summed E-state index contributed by atoms with van der Waals surface area (Å²) in [7, 11) is 1.35. The Hall–Kier alpha value is -4.97. The van der Waals surface area contributed by atoms with Crippen LogP contribution < -0.4 is 20.7 Å². The Morgan fingerprint density at radius 2 is 1.82 bits per heavy atom. The molecule has 0 aliphatic carbocycles.